The fourth-order valence-electron chi connectivity index (χ4n) is 8.85. The molecule has 0 aliphatic carbocycles. The fraction of sp³-hybridized carbons (Fsp3) is 0. The predicted molar refractivity (Wildman–Crippen MR) is 258 cm³/mol. The van der Waals surface area contributed by atoms with E-state index in [-0.39, 0.29) is 0 Å². The van der Waals surface area contributed by atoms with Crippen molar-refractivity contribution in [3.8, 4) is 78.7 Å². The SMILES string of the molecule is c1ccc(-c2ccc3oc4cccc(-c5nc(-c6ccccc6)nc(-c6ccccc6-c6ccc(-c7cccc8c7sc7cccc(-c9ccccc9)c78)cc6)n5)c4c3c2)cc1. The van der Waals surface area contributed by atoms with Gasteiger partial charge in [-0.25, -0.2) is 15.0 Å². The number of furan rings is 1. The van der Waals surface area contributed by atoms with Gasteiger partial charge in [0.15, 0.2) is 17.5 Å². The highest BCUT2D eigenvalue weighted by molar-refractivity contribution is 7.26. The van der Waals surface area contributed by atoms with E-state index >= 15 is 0 Å². The Morgan fingerprint density at radius 1 is 0.306 bits per heavy atom. The van der Waals surface area contributed by atoms with E-state index in [1.807, 2.05) is 59.9 Å². The summed E-state index contributed by atoms with van der Waals surface area (Å²) in [6.45, 7) is 0. The molecule has 0 spiro atoms. The largest absolute Gasteiger partial charge is 0.456 e. The summed E-state index contributed by atoms with van der Waals surface area (Å²) in [5, 5.41) is 4.59. The minimum Gasteiger partial charge on any atom is -0.456 e. The summed E-state index contributed by atoms with van der Waals surface area (Å²) in [6.07, 6.45) is 0. The molecule has 0 amide bonds. The molecular weight excluding hydrogens is 775 g/mol. The summed E-state index contributed by atoms with van der Waals surface area (Å²) in [4.78, 5) is 15.6. The lowest BCUT2D eigenvalue weighted by molar-refractivity contribution is 0.669. The highest BCUT2D eigenvalue weighted by Gasteiger charge is 2.20. The number of aromatic nitrogens is 3. The molecule has 0 saturated carbocycles. The van der Waals surface area contributed by atoms with Gasteiger partial charge in [-0.2, -0.15) is 0 Å². The van der Waals surface area contributed by atoms with Crippen LogP contribution in [-0.2, 0) is 0 Å². The Bertz CT molecular complexity index is 3610. The van der Waals surface area contributed by atoms with Crippen LogP contribution in [0.3, 0.4) is 0 Å². The molecule has 0 bridgehead atoms. The number of fused-ring (bicyclic) bond motifs is 6. The van der Waals surface area contributed by atoms with Gasteiger partial charge in [0.25, 0.3) is 0 Å². The molecule has 4 nitrogen and oxygen atoms in total. The lowest BCUT2D eigenvalue weighted by atomic mass is 9.95. The molecule has 0 saturated heterocycles. The summed E-state index contributed by atoms with van der Waals surface area (Å²) in [5.41, 5.74) is 13.6. The minimum atomic E-state index is 0.587. The van der Waals surface area contributed by atoms with E-state index in [1.54, 1.807) is 0 Å². The van der Waals surface area contributed by atoms with Gasteiger partial charge in [-0.05, 0) is 68.8 Å². The van der Waals surface area contributed by atoms with Crippen LogP contribution in [0.15, 0.2) is 217 Å². The first-order chi connectivity index (χ1) is 30.7. The fourth-order valence-corrected chi connectivity index (χ4v) is 10.1. The Kier molecular flexibility index (Phi) is 8.65. The molecule has 0 aliphatic heterocycles. The summed E-state index contributed by atoms with van der Waals surface area (Å²) in [6, 6.07) is 74.4. The molecule has 0 radical (unpaired) electrons. The average Bonchev–Trinajstić information content (AvgIpc) is 3.93. The molecule has 5 heteroatoms. The standard InChI is InChI=1S/C57H35N3OS/c1-4-15-36(16-5-1)41-33-34-49-48(35-41)52-47(26-13-27-50(52)61-49)57-59-55(40-19-8-3-9-20-40)58-56(60-57)45-22-11-10-21-42(45)38-29-31-39(32-30-38)44-24-12-25-46-53-43(37-17-6-2-7-18-37)23-14-28-51(53)62-54(44)46/h1-35H. The monoisotopic (exact) mass is 809 g/mol. The molecule has 290 valence electrons. The Morgan fingerprint density at radius 2 is 0.839 bits per heavy atom. The van der Waals surface area contributed by atoms with Crippen LogP contribution in [0.5, 0.6) is 0 Å². The van der Waals surface area contributed by atoms with E-state index in [0.29, 0.717) is 17.5 Å². The van der Waals surface area contributed by atoms with Crippen LogP contribution in [0.4, 0.5) is 0 Å². The third-order valence-electron chi connectivity index (χ3n) is 11.8. The van der Waals surface area contributed by atoms with E-state index in [1.165, 1.54) is 42.4 Å². The average molecular weight is 810 g/mol. The van der Waals surface area contributed by atoms with Crippen LogP contribution in [-0.4, -0.2) is 15.0 Å². The Balaban J connectivity index is 0.977. The molecule has 0 atom stereocenters. The van der Waals surface area contributed by atoms with E-state index < -0.39 is 0 Å². The molecule has 3 heterocycles. The number of thiophene rings is 1. The van der Waals surface area contributed by atoms with Crippen molar-refractivity contribution in [3.63, 3.8) is 0 Å². The van der Waals surface area contributed by atoms with Crippen molar-refractivity contribution in [2.45, 2.75) is 0 Å². The van der Waals surface area contributed by atoms with Crippen LogP contribution >= 0.6 is 11.3 Å². The maximum atomic E-state index is 6.45. The summed E-state index contributed by atoms with van der Waals surface area (Å²) in [7, 11) is 0. The molecule has 62 heavy (non-hydrogen) atoms. The normalized spacial score (nSPS) is 11.5. The highest BCUT2D eigenvalue weighted by atomic mass is 32.1. The molecule has 12 rings (SSSR count). The third-order valence-corrected chi connectivity index (χ3v) is 13.0. The van der Waals surface area contributed by atoms with E-state index in [2.05, 4.69) is 164 Å². The van der Waals surface area contributed by atoms with Crippen molar-refractivity contribution >= 4 is 53.4 Å². The maximum absolute atomic E-state index is 6.45. The Morgan fingerprint density at radius 3 is 1.60 bits per heavy atom. The van der Waals surface area contributed by atoms with Crippen LogP contribution < -0.4 is 0 Å². The zero-order chi connectivity index (χ0) is 41.0. The van der Waals surface area contributed by atoms with Crippen molar-refractivity contribution in [3.05, 3.63) is 212 Å². The molecule has 0 aliphatic rings. The van der Waals surface area contributed by atoms with Gasteiger partial charge in [0.05, 0.1) is 0 Å². The Labute approximate surface area is 362 Å². The number of rotatable bonds is 7. The smallest absolute Gasteiger partial charge is 0.164 e. The maximum Gasteiger partial charge on any atom is 0.164 e. The molecule has 0 fully saturated rings. The second-order valence-electron chi connectivity index (χ2n) is 15.5. The van der Waals surface area contributed by atoms with Gasteiger partial charge >= 0.3 is 0 Å². The van der Waals surface area contributed by atoms with Gasteiger partial charge in [0.2, 0.25) is 0 Å². The number of hydrogen-bond acceptors (Lipinski definition) is 5. The zero-order valence-electron chi connectivity index (χ0n) is 33.4. The van der Waals surface area contributed by atoms with Gasteiger partial charge in [0.1, 0.15) is 11.2 Å². The van der Waals surface area contributed by atoms with E-state index in [0.717, 1.165) is 60.9 Å². The van der Waals surface area contributed by atoms with Crippen LogP contribution in [0, 0.1) is 0 Å². The van der Waals surface area contributed by atoms with Crippen molar-refractivity contribution in [1.82, 2.24) is 15.0 Å². The van der Waals surface area contributed by atoms with Crippen LogP contribution in [0.25, 0.3) is 121 Å². The zero-order valence-corrected chi connectivity index (χ0v) is 34.2. The van der Waals surface area contributed by atoms with Gasteiger partial charge in [-0.3, -0.25) is 0 Å². The first-order valence-corrected chi connectivity index (χ1v) is 21.6. The molecule has 3 aromatic heterocycles. The number of benzene rings is 9. The lowest BCUT2D eigenvalue weighted by Gasteiger charge is -2.13. The molecule has 12 aromatic rings. The predicted octanol–water partition coefficient (Wildman–Crippen LogP) is 15.8. The first-order valence-electron chi connectivity index (χ1n) is 20.8. The molecular formula is C57H35N3OS. The van der Waals surface area contributed by atoms with Crippen LogP contribution in [0.1, 0.15) is 0 Å². The topological polar surface area (TPSA) is 51.8 Å². The van der Waals surface area contributed by atoms with Gasteiger partial charge in [0, 0.05) is 47.6 Å². The van der Waals surface area contributed by atoms with Crippen molar-refractivity contribution in [2.75, 3.05) is 0 Å². The van der Waals surface area contributed by atoms with Crippen molar-refractivity contribution < 1.29 is 4.42 Å². The number of hydrogen-bond donors (Lipinski definition) is 0. The quantitative estimate of drug-likeness (QED) is 0.161. The summed E-state index contributed by atoms with van der Waals surface area (Å²) >= 11 is 1.86. The summed E-state index contributed by atoms with van der Waals surface area (Å²) in [5.74, 6) is 1.80. The van der Waals surface area contributed by atoms with Crippen molar-refractivity contribution in [1.29, 1.82) is 0 Å². The van der Waals surface area contributed by atoms with Crippen LogP contribution in [0.2, 0.25) is 0 Å². The van der Waals surface area contributed by atoms with Gasteiger partial charge in [-0.15, -0.1) is 11.3 Å². The first kappa shape index (κ1) is 35.9. The van der Waals surface area contributed by atoms with E-state index in [4.69, 9.17) is 19.4 Å². The lowest BCUT2D eigenvalue weighted by Crippen LogP contribution is -2.01. The van der Waals surface area contributed by atoms with E-state index in [9.17, 15) is 0 Å². The van der Waals surface area contributed by atoms with Gasteiger partial charge < -0.3 is 4.42 Å². The summed E-state index contributed by atoms with van der Waals surface area (Å²) < 4.78 is 9.03. The minimum absolute atomic E-state index is 0.587. The van der Waals surface area contributed by atoms with Crippen molar-refractivity contribution in [2.24, 2.45) is 0 Å². The third kappa shape index (κ3) is 6.18. The van der Waals surface area contributed by atoms with Gasteiger partial charge in [-0.1, -0.05) is 188 Å². The Hall–Kier alpha value is -7.99. The molecule has 0 N–H and O–H groups in total. The molecule has 9 aromatic carbocycles. The second kappa shape index (κ2) is 14.9. The second-order valence-corrected chi connectivity index (χ2v) is 16.5. The number of nitrogens with zero attached hydrogens (tertiary/aromatic N) is 3. The highest BCUT2D eigenvalue weighted by Crippen LogP contribution is 2.45. The molecule has 0 unspecified atom stereocenters.